The van der Waals surface area contributed by atoms with Gasteiger partial charge in [-0.2, -0.15) is 0 Å². The lowest BCUT2D eigenvalue weighted by atomic mass is 10.3. The molecule has 0 aliphatic rings. The number of aromatic nitrogens is 5. The average Bonchev–Trinajstić information content (AvgIpc) is 2.90. The van der Waals surface area contributed by atoms with Gasteiger partial charge in [0, 0.05) is 19.7 Å². The van der Waals surface area contributed by atoms with E-state index in [-0.39, 0.29) is 0 Å². The lowest BCUT2D eigenvalue weighted by Crippen LogP contribution is -2.06. The van der Waals surface area contributed by atoms with Gasteiger partial charge in [0.15, 0.2) is 5.82 Å². The predicted octanol–water partition coefficient (Wildman–Crippen LogP) is 0.939. The molecule has 0 bridgehead atoms. The minimum atomic E-state index is 0.587. The number of hydrogen-bond donors (Lipinski definition) is 1. The molecule has 3 rings (SSSR count). The summed E-state index contributed by atoms with van der Waals surface area (Å²) in [6.07, 6.45) is 2.53. The van der Waals surface area contributed by atoms with Gasteiger partial charge in [-0.25, -0.2) is 9.50 Å². The Balaban J connectivity index is 2.21. The van der Waals surface area contributed by atoms with Gasteiger partial charge in [0.25, 0.3) is 0 Å². The third kappa shape index (κ3) is 1.80. The summed E-state index contributed by atoms with van der Waals surface area (Å²) in [5.41, 5.74) is 8.53. The van der Waals surface area contributed by atoms with Crippen molar-refractivity contribution in [3.63, 3.8) is 0 Å². The largest absolute Gasteiger partial charge is 0.330 e. The van der Waals surface area contributed by atoms with Gasteiger partial charge < -0.3 is 5.73 Å². The van der Waals surface area contributed by atoms with Crippen LogP contribution < -0.4 is 5.73 Å². The zero-order valence-corrected chi connectivity index (χ0v) is 11.0. The van der Waals surface area contributed by atoms with E-state index in [1.165, 1.54) is 0 Å². The van der Waals surface area contributed by atoms with Gasteiger partial charge >= 0.3 is 0 Å². The number of nitrogens with zero attached hydrogens (tertiary/aromatic N) is 5. The lowest BCUT2D eigenvalue weighted by Gasteiger charge is -1.99. The first kappa shape index (κ1) is 11.9. The highest BCUT2D eigenvalue weighted by atomic mass is 15.4. The van der Waals surface area contributed by atoms with Crippen LogP contribution in [-0.2, 0) is 13.5 Å². The first-order chi connectivity index (χ1) is 9.22. The average molecular weight is 256 g/mol. The Bertz CT molecular complexity index is 710. The summed E-state index contributed by atoms with van der Waals surface area (Å²) in [5, 5.41) is 4.62. The fraction of sp³-hybridized carbons (Fsp3) is 0.308. The summed E-state index contributed by atoms with van der Waals surface area (Å²) < 4.78 is 3.82. The van der Waals surface area contributed by atoms with Crippen LogP contribution in [0.4, 0.5) is 0 Å². The molecule has 0 radical (unpaired) electrons. The number of fused-ring (bicyclic) bond motifs is 1. The summed E-state index contributed by atoms with van der Waals surface area (Å²) >= 11 is 0. The Labute approximate surface area is 110 Å². The smallest absolute Gasteiger partial charge is 0.232 e. The minimum absolute atomic E-state index is 0.587. The van der Waals surface area contributed by atoms with Crippen LogP contribution in [0.25, 0.3) is 17.3 Å². The summed E-state index contributed by atoms with van der Waals surface area (Å²) in [6.45, 7) is 2.57. The van der Waals surface area contributed by atoms with E-state index < -0.39 is 0 Å². The number of rotatable bonds is 3. The lowest BCUT2D eigenvalue weighted by molar-refractivity contribution is 0.834. The number of nitrogens with two attached hydrogens (primary N) is 1. The molecule has 2 N–H and O–H groups in total. The standard InChI is InChI=1S/C13H16N6/c1-9-11(6-7-14)19-13(16-9)18(2)12(17-19)10-5-3-4-8-15-10/h3-5,8H,6-7,14H2,1-2H3. The summed E-state index contributed by atoms with van der Waals surface area (Å²) in [6, 6.07) is 5.78. The monoisotopic (exact) mass is 256 g/mol. The summed E-state index contributed by atoms with van der Waals surface area (Å²) in [5.74, 6) is 1.63. The van der Waals surface area contributed by atoms with Gasteiger partial charge in [0.2, 0.25) is 5.78 Å². The SMILES string of the molecule is Cc1nc2n(C)c(-c3ccccn3)nn2c1CCN. The maximum atomic E-state index is 5.65. The van der Waals surface area contributed by atoms with Crippen LogP contribution >= 0.6 is 0 Å². The number of pyridine rings is 1. The molecule has 19 heavy (non-hydrogen) atoms. The molecule has 6 heteroatoms. The molecule has 6 nitrogen and oxygen atoms in total. The third-order valence-electron chi connectivity index (χ3n) is 3.22. The topological polar surface area (TPSA) is 74.0 Å². The molecule has 3 aromatic heterocycles. The van der Waals surface area contributed by atoms with Crippen molar-refractivity contribution in [1.82, 2.24) is 24.1 Å². The normalized spacial score (nSPS) is 11.3. The molecule has 0 fully saturated rings. The molecule has 0 aliphatic heterocycles. The van der Waals surface area contributed by atoms with Crippen LogP contribution in [0.15, 0.2) is 24.4 Å². The highest BCUT2D eigenvalue weighted by molar-refractivity contribution is 5.54. The van der Waals surface area contributed by atoms with Gasteiger partial charge in [-0.05, 0) is 25.6 Å². The van der Waals surface area contributed by atoms with Crippen molar-refractivity contribution in [3.05, 3.63) is 35.8 Å². The molecule has 0 spiro atoms. The van der Waals surface area contributed by atoms with Crippen LogP contribution in [-0.4, -0.2) is 30.7 Å². The first-order valence-corrected chi connectivity index (χ1v) is 6.24. The molecule has 0 unspecified atom stereocenters. The van der Waals surface area contributed by atoms with E-state index in [4.69, 9.17) is 5.73 Å². The van der Waals surface area contributed by atoms with E-state index in [9.17, 15) is 0 Å². The van der Waals surface area contributed by atoms with E-state index in [2.05, 4.69) is 15.1 Å². The molecule has 3 heterocycles. The summed E-state index contributed by atoms with van der Waals surface area (Å²) in [7, 11) is 1.95. The van der Waals surface area contributed by atoms with Crippen LogP contribution in [0.1, 0.15) is 11.4 Å². The number of aryl methyl sites for hydroxylation is 2. The zero-order valence-electron chi connectivity index (χ0n) is 11.0. The number of imidazole rings is 1. The molecular formula is C13H16N6. The molecule has 0 saturated carbocycles. The van der Waals surface area contributed by atoms with Crippen molar-refractivity contribution in [2.24, 2.45) is 12.8 Å². The van der Waals surface area contributed by atoms with Gasteiger partial charge in [-0.3, -0.25) is 9.55 Å². The van der Waals surface area contributed by atoms with Crippen LogP contribution in [0, 0.1) is 6.92 Å². The first-order valence-electron chi connectivity index (χ1n) is 6.24. The Morgan fingerprint density at radius 2 is 2.16 bits per heavy atom. The van der Waals surface area contributed by atoms with E-state index in [0.717, 1.165) is 35.1 Å². The van der Waals surface area contributed by atoms with Crippen molar-refractivity contribution in [2.75, 3.05) is 6.54 Å². The predicted molar refractivity (Wildman–Crippen MR) is 72.7 cm³/mol. The quantitative estimate of drug-likeness (QED) is 0.756. The second-order valence-corrected chi connectivity index (χ2v) is 4.49. The Morgan fingerprint density at radius 3 is 2.84 bits per heavy atom. The van der Waals surface area contributed by atoms with Gasteiger partial charge in [-0.1, -0.05) is 6.07 Å². The van der Waals surface area contributed by atoms with Crippen LogP contribution in [0.2, 0.25) is 0 Å². The summed E-state index contributed by atoms with van der Waals surface area (Å²) in [4.78, 5) is 8.89. The second-order valence-electron chi connectivity index (χ2n) is 4.49. The van der Waals surface area contributed by atoms with Crippen LogP contribution in [0.5, 0.6) is 0 Å². The van der Waals surface area contributed by atoms with Gasteiger partial charge in [0.1, 0.15) is 5.69 Å². The van der Waals surface area contributed by atoms with Crippen molar-refractivity contribution in [3.8, 4) is 11.5 Å². The highest BCUT2D eigenvalue weighted by Crippen LogP contribution is 2.19. The fourth-order valence-electron chi connectivity index (χ4n) is 2.26. The van der Waals surface area contributed by atoms with E-state index in [1.807, 2.05) is 41.3 Å². The Hall–Kier alpha value is -2.21. The van der Waals surface area contributed by atoms with Crippen LogP contribution in [0.3, 0.4) is 0 Å². The minimum Gasteiger partial charge on any atom is -0.330 e. The molecule has 0 aliphatic carbocycles. The molecule has 98 valence electrons. The van der Waals surface area contributed by atoms with Crippen molar-refractivity contribution in [1.29, 1.82) is 0 Å². The second kappa shape index (κ2) is 4.47. The van der Waals surface area contributed by atoms with Crippen molar-refractivity contribution >= 4 is 5.78 Å². The Morgan fingerprint density at radius 1 is 1.32 bits per heavy atom. The zero-order chi connectivity index (χ0) is 13.4. The molecular weight excluding hydrogens is 240 g/mol. The molecule has 0 atom stereocenters. The third-order valence-corrected chi connectivity index (χ3v) is 3.22. The van der Waals surface area contributed by atoms with Gasteiger partial charge in [0.05, 0.1) is 11.4 Å². The van der Waals surface area contributed by atoms with Crippen molar-refractivity contribution in [2.45, 2.75) is 13.3 Å². The maximum absolute atomic E-state index is 5.65. The molecule has 3 aromatic rings. The van der Waals surface area contributed by atoms with Crippen molar-refractivity contribution < 1.29 is 0 Å². The van der Waals surface area contributed by atoms with Gasteiger partial charge in [-0.15, -0.1) is 5.10 Å². The molecule has 0 aromatic carbocycles. The maximum Gasteiger partial charge on any atom is 0.232 e. The molecule has 0 amide bonds. The fourth-order valence-corrected chi connectivity index (χ4v) is 2.26. The van der Waals surface area contributed by atoms with E-state index >= 15 is 0 Å². The van der Waals surface area contributed by atoms with E-state index in [1.54, 1.807) is 6.20 Å². The Kier molecular flexibility index (Phi) is 2.79. The highest BCUT2D eigenvalue weighted by Gasteiger charge is 2.17. The van der Waals surface area contributed by atoms with E-state index in [0.29, 0.717) is 6.54 Å². The molecule has 0 saturated heterocycles. The number of hydrogen-bond acceptors (Lipinski definition) is 4.